The first kappa shape index (κ1) is 15.8. The highest BCUT2D eigenvalue weighted by Gasteiger charge is 2.40. The minimum atomic E-state index is -0.607. The van der Waals surface area contributed by atoms with Crippen LogP contribution in [0, 0.1) is 12.8 Å². The molecule has 1 aliphatic rings. The van der Waals surface area contributed by atoms with E-state index in [9.17, 15) is 9.59 Å². The Hall–Kier alpha value is -2.05. The number of amides is 1. The van der Waals surface area contributed by atoms with Gasteiger partial charge in [-0.2, -0.15) is 5.10 Å². The van der Waals surface area contributed by atoms with Gasteiger partial charge in [-0.15, -0.1) is 0 Å². The van der Waals surface area contributed by atoms with Crippen molar-refractivity contribution in [2.75, 3.05) is 0 Å². The summed E-state index contributed by atoms with van der Waals surface area (Å²) in [5.41, 5.74) is 4.54. The molecule has 3 N–H and O–H groups in total. The Labute approximate surface area is 141 Å². The van der Waals surface area contributed by atoms with Crippen molar-refractivity contribution < 1.29 is 4.79 Å². The van der Waals surface area contributed by atoms with Crippen LogP contribution in [-0.4, -0.2) is 21.8 Å². The fourth-order valence-electron chi connectivity index (χ4n) is 2.95. The highest BCUT2D eigenvalue weighted by molar-refractivity contribution is 6.35. The van der Waals surface area contributed by atoms with Crippen molar-refractivity contribution in [2.24, 2.45) is 11.0 Å². The zero-order chi connectivity index (χ0) is 16.7. The van der Waals surface area contributed by atoms with Gasteiger partial charge < -0.3 is 5.10 Å². The molecule has 0 spiro atoms. The van der Waals surface area contributed by atoms with Crippen LogP contribution < -0.4 is 11.0 Å². The Bertz CT molecular complexity index is 869. The van der Waals surface area contributed by atoms with Gasteiger partial charge in [-0.1, -0.05) is 29.3 Å². The lowest BCUT2D eigenvalue weighted by molar-refractivity contribution is -0.122. The molecule has 0 fully saturated rings. The summed E-state index contributed by atoms with van der Waals surface area (Å²) in [6.45, 7) is 3.51. The highest BCUT2D eigenvalue weighted by atomic mass is 35.5. The molecule has 1 aromatic heterocycles. The summed E-state index contributed by atoms with van der Waals surface area (Å²) in [5, 5.41) is 10.2. The highest BCUT2D eigenvalue weighted by Crippen LogP contribution is 2.38. The van der Waals surface area contributed by atoms with Crippen LogP contribution in [0.2, 0.25) is 10.0 Å². The number of H-pyrrole nitrogens is 2. The topological polar surface area (TPSA) is 90.1 Å². The predicted molar refractivity (Wildman–Crippen MR) is 89.2 cm³/mol. The van der Waals surface area contributed by atoms with Crippen LogP contribution in [0.1, 0.15) is 29.7 Å². The van der Waals surface area contributed by atoms with Gasteiger partial charge in [0, 0.05) is 32.9 Å². The van der Waals surface area contributed by atoms with E-state index in [0.717, 1.165) is 0 Å². The summed E-state index contributed by atoms with van der Waals surface area (Å²) < 4.78 is 0. The van der Waals surface area contributed by atoms with Gasteiger partial charge >= 0.3 is 0 Å². The van der Waals surface area contributed by atoms with Crippen LogP contribution in [0.4, 0.5) is 0 Å². The second-order valence-corrected chi connectivity index (χ2v) is 6.31. The lowest BCUT2D eigenvalue weighted by Gasteiger charge is -2.23. The maximum absolute atomic E-state index is 12.3. The average molecular weight is 353 g/mol. The molecule has 6 nitrogen and oxygen atoms in total. The van der Waals surface area contributed by atoms with Crippen molar-refractivity contribution in [1.29, 1.82) is 0 Å². The zero-order valence-corrected chi connectivity index (χ0v) is 13.9. The maximum Gasteiger partial charge on any atom is 0.267 e. The van der Waals surface area contributed by atoms with E-state index in [1.807, 2.05) is 0 Å². The molecule has 120 valence electrons. The molecular formula is C15H14Cl2N4O2. The van der Waals surface area contributed by atoms with Crippen molar-refractivity contribution in [2.45, 2.75) is 19.8 Å². The number of aromatic amines is 2. The number of carbonyl (C=O) groups excluding carboxylic acids is 1. The SMILES string of the molecule is CC1=NNC(=O)C1C(c1ccc(Cl)cc1Cl)c1c(C)[nH][nH]c1=O. The van der Waals surface area contributed by atoms with E-state index >= 15 is 0 Å². The van der Waals surface area contributed by atoms with Gasteiger partial charge in [0.1, 0.15) is 0 Å². The van der Waals surface area contributed by atoms with Crippen LogP contribution in [0.25, 0.3) is 0 Å². The minimum absolute atomic E-state index is 0.265. The summed E-state index contributed by atoms with van der Waals surface area (Å²) in [6.07, 6.45) is 0. The van der Waals surface area contributed by atoms with Gasteiger partial charge in [-0.3, -0.25) is 14.7 Å². The summed E-state index contributed by atoms with van der Waals surface area (Å²) in [5.74, 6) is -1.43. The number of hydrogen-bond donors (Lipinski definition) is 3. The number of nitrogens with zero attached hydrogens (tertiary/aromatic N) is 1. The summed E-state index contributed by atoms with van der Waals surface area (Å²) >= 11 is 12.3. The van der Waals surface area contributed by atoms with E-state index in [4.69, 9.17) is 23.2 Å². The number of benzene rings is 1. The first-order valence-corrected chi connectivity index (χ1v) is 7.72. The normalized spacial score (nSPS) is 18.7. The van der Waals surface area contributed by atoms with Crippen molar-refractivity contribution in [3.8, 4) is 0 Å². The standard InChI is InChI=1S/C15H14Cl2N4O2/c1-6-11(14(22)20-18-6)13(12-7(2)19-21-15(12)23)9-4-3-8(16)5-10(9)17/h3-5,11,13H,1-2H3,(H,20,22)(H2,19,21,23). The van der Waals surface area contributed by atoms with Gasteiger partial charge in [-0.25, -0.2) is 5.43 Å². The molecule has 2 heterocycles. The van der Waals surface area contributed by atoms with Crippen molar-refractivity contribution in [3.63, 3.8) is 0 Å². The van der Waals surface area contributed by atoms with Crippen LogP contribution in [0.15, 0.2) is 28.1 Å². The Morgan fingerprint density at radius 1 is 1.17 bits per heavy atom. The number of rotatable bonds is 3. The third kappa shape index (κ3) is 2.68. The van der Waals surface area contributed by atoms with E-state index < -0.39 is 11.8 Å². The minimum Gasteiger partial charge on any atom is -0.302 e. The lowest BCUT2D eigenvalue weighted by Crippen LogP contribution is -2.31. The van der Waals surface area contributed by atoms with E-state index in [1.165, 1.54) is 0 Å². The molecule has 8 heteroatoms. The molecule has 0 bridgehead atoms. The quantitative estimate of drug-likeness (QED) is 0.792. The molecule has 1 aromatic carbocycles. The monoisotopic (exact) mass is 352 g/mol. The Morgan fingerprint density at radius 2 is 1.91 bits per heavy atom. The maximum atomic E-state index is 12.3. The Balaban J connectivity index is 2.24. The molecule has 3 rings (SSSR count). The number of nitrogens with one attached hydrogen (secondary N) is 3. The van der Waals surface area contributed by atoms with Crippen LogP contribution in [0.3, 0.4) is 0 Å². The largest absolute Gasteiger partial charge is 0.302 e. The van der Waals surface area contributed by atoms with Gasteiger partial charge in [0.2, 0.25) is 5.91 Å². The molecule has 1 aliphatic heterocycles. The first-order chi connectivity index (χ1) is 10.9. The molecule has 1 amide bonds. The molecule has 2 aromatic rings. The lowest BCUT2D eigenvalue weighted by atomic mass is 9.78. The second-order valence-electron chi connectivity index (χ2n) is 5.47. The van der Waals surface area contributed by atoms with Gasteiger partial charge in [0.25, 0.3) is 5.56 Å². The Morgan fingerprint density at radius 3 is 2.43 bits per heavy atom. The third-order valence-electron chi connectivity index (χ3n) is 4.03. The number of hydrogen-bond acceptors (Lipinski definition) is 3. The smallest absolute Gasteiger partial charge is 0.267 e. The zero-order valence-electron chi connectivity index (χ0n) is 12.4. The number of aryl methyl sites for hydroxylation is 1. The molecule has 0 saturated carbocycles. The molecule has 2 unspecified atom stereocenters. The molecule has 2 atom stereocenters. The van der Waals surface area contributed by atoms with Crippen LogP contribution in [-0.2, 0) is 4.79 Å². The molecule has 23 heavy (non-hydrogen) atoms. The van der Waals surface area contributed by atoms with Crippen molar-refractivity contribution >= 4 is 34.8 Å². The number of halogens is 2. The first-order valence-electron chi connectivity index (χ1n) is 6.96. The van der Waals surface area contributed by atoms with E-state index in [-0.39, 0.29) is 11.5 Å². The number of hydrazone groups is 1. The summed E-state index contributed by atoms with van der Waals surface area (Å²) in [4.78, 5) is 24.6. The Kier molecular flexibility index (Phi) is 4.04. The van der Waals surface area contributed by atoms with Gasteiger partial charge in [0.05, 0.1) is 5.92 Å². The van der Waals surface area contributed by atoms with Crippen molar-refractivity contribution in [1.82, 2.24) is 15.6 Å². The van der Waals surface area contributed by atoms with Gasteiger partial charge in [0.15, 0.2) is 0 Å². The van der Waals surface area contributed by atoms with Gasteiger partial charge in [-0.05, 0) is 31.5 Å². The second kappa shape index (κ2) is 5.86. The van der Waals surface area contributed by atoms with E-state index in [2.05, 4.69) is 20.7 Å². The van der Waals surface area contributed by atoms with E-state index in [1.54, 1.807) is 32.0 Å². The number of aromatic nitrogens is 2. The van der Waals surface area contributed by atoms with E-state index in [0.29, 0.717) is 32.6 Å². The summed E-state index contributed by atoms with van der Waals surface area (Å²) in [7, 11) is 0. The molecule has 0 saturated heterocycles. The predicted octanol–water partition coefficient (Wildman–Crippen LogP) is 2.57. The third-order valence-corrected chi connectivity index (χ3v) is 4.59. The molecular weight excluding hydrogens is 339 g/mol. The van der Waals surface area contributed by atoms with Crippen LogP contribution in [0.5, 0.6) is 0 Å². The fraction of sp³-hybridized carbons (Fsp3) is 0.267. The fourth-order valence-corrected chi connectivity index (χ4v) is 3.48. The van der Waals surface area contributed by atoms with Crippen molar-refractivity contribution in [3.05, 3.63) is 55.4 Å². The molecule has 0 radical (unpaired) electrons. The molecule has 0 aliphatic carbocycles. The average Bonchev–Trinajstić information content (AvgIpc) is 2.98. The van der Waals surface area contributed by atoms with Crippen LogP contribution >= 0.6 is 23.2 Å². The summed E-state index contributed by atoms with van der Waals surface area (Å²) in [6, 6.07) is 5.02. The number of carbonyl (C=O) groups is 1.